The average Bonchev–Trinajstić information content (AvgIpc) is 3.02. The first-order chi connectivity index (χ1) is 10.7. The second-order valence-corrected chi connectivity index (χ2v) is 5.91. The molecule has 0 radical (unpaired) electrons. The zero-order valence-corrected chi connectivity index (χ0v) is 12.4. The van der Waals surface area contributed by atoms with Gasteiger partial charge in [-0.3, -0.25) is 9.78 Å². The number of nitrogens with one attached hydrogen (secondary N) is 1. The van der Waals surface area contributed by atoms with E-state index in [1.165, 1.54) is 12.8 Å². The van der Waals surface area contributed by atoms with Gasteiger partial charge in [0.05, 0.1) is 16.3 Å². The van der Waals surface area contributed by atoms with E-state index in [-0.39, 0.29) is 17.6 Å². The van der Waals surface area contributed by atoms with Gasteiger partial charge in [-0.15, -0.1) is 0 Å². The molecule has 2 aliphatic rings. The second kappa shape index (κ2) is 5.21. The fourth-order valence-electron chi connectivity index (χ4n) is 2.38. The summed E-state index contributed by atoms with van der Waals surface area (Å²) in [4.78, 5) is 20.4. The van der Waals surface area contributed by atoms with Crippen molar-refractivity contribution in [3.63, 3.8) is 0 Å². The van der Waals surface area contributed by atoms with Crippen molar-refractivity contribution < 1.29 is 9.32 Å². The third-order valence-electron chi connectivity index (χ3n) is 3.84. The number of amides is 1. The lowest BCUT2D eigenvalue weighted by Crippen LogP contribution is -2.25. The molecule has 0 unspecified atom stereocenters. The number of aromatic nitrogens is 3. The van der Waals surface area contributed by atoms with Gasteiger partial charge in [0.2, 0.25) is 5.82 Å². The summed E-state index contributed by atoms with van der Waals surface area (Å²) < 4.78 is 5.03. The van der Waals surface area contributed by atoms with Crippen molar-refractivity contribution in [2.45, 2.75) is 19.3 Å². The fourth-order valence-corrected chi connectivity index (χ4v) is 2.68. The molecule has 4 rings (SSSR count). The molecule has 6 nitrogen and oxygen atoms in total. The SMILES string of the molecule is O=C(NCC1CC1)c1nc(-c2cnc3c(c2Cl)C=CC3)no1. The molecule has 22 heavy (non-hydrogen) atoms. The van der Waals surface area contributed by atoms with E-state index in [1.54, 1.807) is 6.20 Å². The topological polar surface area (TPSA) is 80.9 Å². The Morgan fingerprint density at radius 1 is 1.45 bits per heavy atom. The van der Waals surface area contributed by atoms with E-state index in [0.717, 1.165) is 17.7 Å². The van der Waals surface area contributed by atoms with Crippen molar-refractivity contribution >= 4 is 23.6 Å². The zero-order valence-electron chi connectivity index (χ0n) is 11.7. The normalized spacial score (nSPS) is 15.9. The number of carbonyl (C=O) groups excluding carboxylic acids is 1. The minimum Gasteiger partial charge on any atom is -0.348 e. The van der Waals surface area contributed by atoms with Gasteiger partial charge in [-0.05, 0) is 18.8 Å². The number of nitrogens with zero attached hydrogens (tertiary/aromatic N) is 3. The van der Waals surface area contributed by atoms with Gasteiger partial charge in [-0.25, -0.2) is 0 Å². The summed E-state index contributed by atoms with van der Waals surface area (Å²) >= 11 is 6.38. The highest BCUT2D eigenvalue weighted by molar-refractivity contribution is 6.34. The summed E-state index contributed by atoms with van der Waals surface area (Å²) in [6.45, 7) is 0.655. The number of rotatable bonds is 4. The maximum absolute atomic E-state index is 11.9. The average molecular weight is 317 g/mol. The molecule has 2 aliphatic carbocycles. The molecule has 7 heteroatoms. The van der Waals surface area contributed by atoms with Crippen LogP contribution in [-0.4, -0.2) is 27.6 Å². The van der Waals surface area contributed by atoms with Crippen molar-refractivity contribution in [2.24, 2.45) is 5.92 Å². The molecule has 1 saturated carbocycles. The lowest BCUT2D eigenvalue weighted by molar-refractivity contribution is 0.0908. The third-order valence-corrected chi connectivity index (χ3v) is 4.25. The molecule has 112 valence electrons. The first-order valence-corrected chi connectivity index (χ1v) is 7.56. The molecule has 1 fully saturated rings. The molecular weight excluding hydrogens is 304 g/mol. The van der Waals surface area contributed by atoms with E-state index in [2.05, 4.69) is 20.4 Å². The van der Waals surface area contributed by atoms with Crippen molar-refractivity contribution in [3.8, 4) is 11.4 Å². The number of hydrogen-bond acceptors (Lipinski definition) is 5. The van der Waals surface area contributed by atoms with Crippen molar-refractivity contribution in [3.05, 3.63) is 34.4 Å². The Labute approximate surface area is 131 Å². The Hall–Kier alpha value is -2.21. The van der Waals surface area contributed by atoms with Gasteiger partial charge in [0.1, 0.15) is 0 Å². The van der Waals surface area contributed by atoms with E-state index in [1.807, 2.05) is 12.2 Å². The molecule has 1 amide bonds. The van der Waals surface area contributed by atoms with Crippen LogP contribution < -0.4 is 5.32 Å². The van der Waals surface area contributed by atoms with Crippen molar-refractivity contribution in [1.29, 1.82) is 0 Å². The highest BCUT2D eigenvalue weighted by Gasteiger charge is 2.24. The highest BCUT2D eigenvalue weighted by atomic mass is 35.5. The van der Waals surface area contributed by atoms with Gasteiger partial charge in [0, 0.05) is 24.7 Å². The predicted molar refractivity (Wildman–Crippen MR) is 80.3 cm³/mol. The Morgan fingerprint density at radius 2 is 2.32 bits per heavy atom. The molecule has 0 saturated heterocycles. The smallest absolute Gasteiger partial charge is 0.316 e. The minimum absolute atomic E-state index is 0.0530. The molecule has 0 aliphatic heterocycles. The summed E-state index contributed by atoms with van der Waals surface area (Å²) in [7, 11) is 0. The number of hydrogen-bond donors (Lipinski definition) is 1. The number of fused-ring (bicyclic) bond motifs is 1. The molecular formula is C15H13ClN4O2. The Kier molecular flexibility index (Phi) is 3.18. The molecule has 0 atom stereocenters. The number of carbonyl (C=O) groups is 1. The molecule has 2 aromatic rings. The number of allylic oxidation sites excluding steroid dienone is 1. The third kappa shape index (κ3) is 2.39. The summed E-state index contributed by atoms with van der Waals surface area (Å²) in [5, 5.41) is 7.16. The van der Waals surface area contributed by atoms with Gasteiger partial charge < -0.3 is 9.84 Å². The fraction of sp³-hybridized carbons (Fsp3) is 0.333. The number of halogens is 1. The quantitative estimate of drug-likeness (QED) is 0.937. The van der Waals surface area contributed by atoms with Gasteiger partial charge in [-0.2, -0.15) is 4.98 Å². The van der Waals surface area contributed by atoms with Crippen LogP contribution in [0.3, 0.4) is 0 Å². The van der Waals surface area contributed by atoms with Crippen molar-refractivity contribution in [2.75, 3.05) is 6.54 Å². The van der Waals surface area contributed by atoms with E-state index in [9.17, 15) is 4.79 Å². The van der Waals surface area contributed by atoms with E-state index < -0.39 is 0 Å². The van der Waals surface area contributed by atoms with Crippen LogP contribution in [0, 0.1) is 5.92 Å². The summed E-state index contributed by atoms with van der Waals surface area (Å²) in [5.41, 5.74) is 2.38. The largest absolute Gasteiger partial charge is 0.348 e. The maximum atomic E-state index is 11.9. The van der Waals surface area contributed by atoms with Crippen LogP contribution in [0.1, 0.15) is 34.8 Å². The Morgan fingerprint density at radius 3 is 3.14 bits per heavy atom. The van der Waals surface area contributed by atoms with Crippen LogP contribution >= 0.6 is 11.6 Å². The first-order valence-electron chi connectivity index (χ1n) is 7.18. The van der Waals surface area contributed by atoms with Crippen LogP contribution in [0.15, 0.2) is 16.8 Å². The van der Waals surface area contributed by atoms with E-state index in [4.69, 9.17) is 16.1 Å². The monoisotopic (exact) mass is 316 g/mol. The van der Waals surface area contributed by atoms with Gasteiger partial charge in [0.15, 0.2) is 0 Å². The molecule has 0 aromatic carbocycles. The van der Waals surface area contributed by atoms with Gasteiger partial charge in [-0.1, -0.05) is 28.9 Å². The van der Waals surface area contributed by atoms with E-state index in [0.29, 0.717) is 23.0 Å². The maximum Gasteiger partial charge on any atom is 0.316 e. The molecule has 2 heterocycles. The van der Waals surface area contributed by atoms with Crippen LogP contribution in [0.4, 0.5) is 0 Å². The highest BCUT2D eigenvalue weighted by Crippen LogP contribution is 2.33. The summed E-state index contributed by atoms with van der Waals surface area (Å²) in [5.74, 6) is 0.462. The molecule has 0 bridgehead atoms. The predicted octanol–water partition coefficient (Wildman–Crippen LogP) is 2.49. The van der Waals surface area contributed by atoms with Crippen LogP contribution in [-0.2, 0) is 6.42 Å². The summed E-state index contributed by atoms with van der Waals surface area (Å²) in [6.07, 6.45) is 8.65. The molecule has 0 spiro atoms. The van der Waals surface area contributed by atoms with Crippen LogP contribution in [0.5, 0.6) is 0 Å². The molecule has 2 aromatic heterocycles. The zero-order chi connectivity index (χ0) is 15.1. The van der Waals surface area contributed by atoms with Gasteiger partial charge in [0.25, 0.3) is 0 Å². The standard InChI is InChI=1S/C15H13ClN4O2/c16-12-9-2-1-3-11(9)17-7-10(12)13-19-15(22-20-13)14(21)18-6-8-4-5-8/h1-2,7-8H,3-6H2,(H,18,21). The Balaban J connectivity index is 1.58. The number of pyridine rings is 1. The van der Waals surface area contributed by atoms with E-state index >= 15 is 0 Å². The second-order valence-electron chi connectivity index (χ2n) is 5.53. The molecule has 1 N–H and O–H groups in total. The van der Waals surface area contributed by atoms with Crippen molar-refractivity contribution in [1.82, 2.24) is 20.4 Å². The van der Waals surface area contributed by atoms with Crippen LogP contribution in [0.25, 0.3) is 17.5 Å². The minimum atomic E-state index is -0.351. The lowest BCUT2D eigenvalue weighted by Gasteiger charge is -2.04. The van der Waals surface area contributed by atoms with Gasteiger partial charge >= 0.3 is 11.8 Å². The summed E-state index contributed by atoms with van der Waals surface area (Å²) in [6, 6.07) is 0. The lowest BCUT2D eigenvalue weighted by atomic mass is 10.1. The Bertz CT molecular complexity index is 780. The van der Waals surface area contributed by atoms with Crippen LogP contribution in [0.2, 0.25) is 5.02 Å². The first kappa shape index (κ1) is 13.5.